The lowest BCUT2D eigenvalue weighted by Crippen LogP contribution is -2.16. The van der Waals surface area contributed by atoms with Gasteiger partial charge in [-0.25, -0.2) is 18.1 Å². The van der Waals surface area contributed by atoms with Gasteiger partial charge >= 0.3 is 0 Å². The van der Waals surface area contributed by atoms with E-state index < -0.39 is 9.84 Å². The minimum absolute atomic E-state index is 0.0734. The van der Waals surface area contributed by atoms with Crippen LogP contribution >= 0.6 is 0 Å². The topological polar surface area (TPSA) is 93.9 Å². The van der Waals surface area contributed by atoms with Gasteiger partial charge in [0.1, 0.15) is 0 Å². The maximum absolute atomic E-state index is 13.4. The van der Waals surface area contributed by atoms with Gasteiger partial charge in [0.2, 0.25) is 0 Å². The Bertz CT molecular complexity index is 1290. The zero-order valence-corrected chi connectivity index (χ0v) is 18.6. The molecule has 1 atom stereocenters. The van der Waals surface area contributed by atoms with Crippen LogP contribution < -0.4 is 5.32 Å². The van der Waals surface area contributed by atoms with Gasteiger partial charge in [-0.2, -0.15) is 5.10 Å². The largest absolute Gasteiger partial charge is 0.322 e. The Morgan fingerprint density at radius 1 is 1.23 bits per heavy atom. The predicted octanol–water partition coefficient (Wildman–Crippen LogP) is 3.79. The number of carbonyl (C=O) groups excluding carboxylic acids is 1. The van der Waals surface area contributed by atoms with Gasteiger partial charge in [0.25, 0.3) is 5.91 Å². The van der Waals surface area contributed by atoms with E-state index in [-0.39, 0.29) is 23.5 Å². The lowest BCUT2D eigenvalue weighted by molar-refractivity contribution is 0.102. The van der Waals surface area contributed by atoms with Gasteiger partial charge in [0.05, 0.1) is 34.2 Å². The van der Waals surface area contributed by atoms with Crippen LogP contribution in [0.5, 0.6) is 0 Å². The molecule has 162 valence electrons. The molecule has 0 bridgehead atoms. The number of nitrogens with one attached hydrogen (secondary N) is 1. The molecule has 2 aliphatic rings. The van der Waals surface area contributed by atoms with E-state index in [2.05, 4.69) is 17.3 Å². The van der Waals surface area contributed by atoms with Crippen LogP contribution in [-0.2, 0) is 16.3 Å². The molecule has 1 aromatic carbocycles. The highest BCUT2D eigenvalue weighted by Gasteiger charge is 2.34. The van der Waals surface area contributed by atoms with Crippen molar-refractivity contribution in [2.75, 3.05) is 16.8 Å². The quantitative estimate of drug-likeness (QED) is 0.654. The Hall–Kier alpha value is -2.74. The number of anilines is 1. The summed E-state index contributed by atoms with van der Waals surface area (Å²) in [6.45, 7) is 3.92. The third kappa shape index (κ3) is 3.73. The van der Waals surface area contributed by atoms with Crippen molar-refractivity contribution in [1.29, 1.82) is 0 Å². The van der Waals surface area contributed by atoms with Crippen LogP contribution in [0.2, 0.25) is 0 Å². The normalized spacial score (nSPS) is 20.3. The van der Waals surface area contributed by atoms with Crippen LogP contribution in [0.15, 0.2) is 30.3 Å². The minimum Gasteiger partial charge on any atom is -0.322 e. The molecule has 2 fully saturated rings. The maximum atomic E-state index is 13.4. The standard InChI is InChI=1S/C23H26N4O3S/c1-3-15-6-4-5-7-19(15)25-23(28)18-12-20(16-8-9-16)24-22-21(18)14(2)26-27(22)17-10-11-31(29,30)13-17/h4-7,12,16-17H,3,8-11,13H2,1-2H3,(H,25,28)/t17-/m0/s1. The van der Waals surface area contributed by atoms with Gasteiger partial charge in [-0.1, -0.05) is 25.1 Å². The van der Waals surface area contributed by atoms with Crippen molar-refractivity contribution < 1.29 is 13.2 Å². The summed E-state index contributed by atoms with van der Waals surface area (Å²) in [4.78, 5) is 18.3. The number of para-hydroxylation sites is 1. The first-order valence-corrected chi connectivity index (χ1v) is 12.7. The Morgan fingerprint density at radius 3 is 2.68 bits per heavy atom. The molecular weight excluding hydrogens is 412 g/mol. The van der Waals surface area contributed by atoms with Crippen LogP contribution in [-0.4, -0.2) is 40.6 Å². The summed E-state index contributed by atoms with van der Waals surface area (Å²) in [5.74, 6) is 0.414. The second-order valence-corrected chi connectivity index (χ2v) is 10.8. The minimum atomic E-state index is -3.06. The number of nitrogens with zero attached hydrogens (tertiary/aromatic N) is 3. The number of aromatic nitrogens is 3. The highest BCUT2D eigenvalue weighted by Crippen LogP contribution is 2.41. The fourth-order valence-electron chi connectivity index (χ4n) is 4.46. The second kappa shape index (κ2) is 7.44. The Balaban J connectivity index is 1.61. The van der Waals surface area contributed by atoms with Gasteiger partial charge in [-0.3, -0.25) is 4.79 Å². The van der Waals surface area contributed by atoms with Gasteiger partial charge in [-0.15, -0.1) is 0 Å². The molecule has 1 saturated heterocycles. The fraction of sp³-hybridized carbons (Fsp3) is 0.435. The van der Waals surface area contributed by atoms with Gasteiger partial charge < -0.3 is 5.32 Å². The van der Waals surface area contributed by atoms with Crippen molar-refractivity contribution in [2.24, 2.45) is 0 Å². The number of rotatable bonds is 5. The SMILES string of the molecule is CCc1ccccc1NC(=O)c1cc(C2CC2)nc2c1c(C)nn2[C@H]1CCS(=O)(=O)C1. The lowest BCUT2D eigenvalue weighted by Gasteiger charge is -2.13. The fourth-order valence-corrected chi connectivity index (χ4v) is 6.15. The first-order valence-electron chi connectivity index (χ1n) is 10.9. The van der Waals surface area contributed by atoms with E-state index >= 15 is 0 Å². The van der Waals surface area contributed by atoms with Crippen molar-refractivity contribution >= 4 is 32.5 Å². The molecule has 1 N–H and O–H groups in total. The number of sulfone groups is 1. The molecule has 1 amide bonds. The molecule has 0 radical (unpaired) electrons. The number of pyridine rings is 1. The predicted molar refractivity (Wildman–Crippen MR) is 120 cm³/mol. The summed E-state index contributed by atoms with van der Waals surface area (Å²) in [7, 11) is -3.06. The van der Waals surface area contributed by atoms with Crippen molar-refractivity contribution in [3.05, 3.63) is 52.8 Å². The highest BCUT2D eigenvalue weighted by atomic mass is 32.2. The van der Waals surface area contributed by atoms with Crippen molar-refractivity contribution in [2.45, 2.75) is 51.5 Å². The number of hydrogen-bond acceptors (Lipinski definition) is 5. The van der Waals surface area contributed by atoms with Crippen LogP contribution in [0.4, 0.5) is 5.69 Å². The van der Waals surface area contributed by atoms with Crippen molar-refractivity contribution in [3.8, 4) is 0 Å². The first-order chi connectivity index (χ1) is 14.9. The Morgan fingerprint density at radius 2 is 2.00 bits per heavy atom. The zero-order chi connectivity index (χ0) is 21.8. The third-order valence-corrected chi connectivity index (χ3v) is 8.05. The Kier molecular flexibility index (Phi) is 4.84. The molecule has 3 heterocycles. The van der Waals surface area contributed by atoms with Crippen LogP contribution in [0.1, 0.15) is 65.5 Å². The van der Waals surface area contributed by atoms with E-state index in [4.69, 9.17) is 4.98 Å². The Labute approximate surface area is 181 Å². The second-order valence-electron chi connectivity index (χ2n) is 8.62. The summed E-state index contributed by atoms with van der Waals surface area (Å²) in [6, 6.07) is 9.46. The molecule has 5 rings (SSSR count). The number of benzene rings is 1. The molecule has 1 saturated carbocycles. The van der Waals surface area contributed by atoms with E-state index in [0.717, 1.165) is 36.2 Å². The zero-order valence-electron chi connectivity index (χ0n) is 17.8. The molecule has 8 heteroatoms. The van der Waals surface area contributed by atoms with E-state index in [1.165, 1.54) is 0 Å². The van der Waals surface area contributed by atoms with Gasteiger partial charge in [0, 0.05) is 17.3 Å². The summed E-state index contributed by atoms with van der Waals surface area (Å²) in [5.41, 5.74) is 4.65. The van der Waals surface area contributed by atoms with Crippen LogP contribution in [0.3, 0.4) is 0 Å². The number of hydrogen-bond donors (Lipinski definition) is 1. The number of fused-ring (bicyclic) bond motifs is 1. The van der Waals surface area contributed by atoms with Gasteiger partial charge in [0.15, 0.2) is 15.5 Å². The average Bonchev–Trinajstić information content (AvgIpc) is 3.47. The molecule has 1 aliphatic carbocycles. The molecular formula is C23H26N4O3S. The van der Waals surface area contributed by atoms with E-state index in [1.807, 2.05) is 37.3 Å². The molecule has 7 nitrogen and oxygen atoms in total. The van der Waals surface area contributed by atoms with Crippen molar-refractivity contribution in [1.82, 2.24) is 14.8 Å². The molecule has 0 spiro atoms. The van der Waals surface area contributed by atoms with E-state index in [9.17, 15) is 13.2 Å². The summed E-state index contributed by atoms with van der Waals surface area (Å²) in [6.07, 6.45) is 3.47. The number of amides is 1. The molecule has 2 aromatic heterocycles. The molecule has 31 heavy (non-hydrogen) atoms. The van der Waals surface area contributed by atoms with E-state index in [1.54, 1.807) is 4.68 Å². The van der Waals surface area contributed by atoms with Crippen molar-refractivity contribution in [3.63, 3.8) is 0 Å². The smallest absolute Gasteiger partial charge is 0.256 e. The van der Waals surface area contributed by atoms with Crippen LogP contribution in [0.25, 0.3) is 11.0 Å². The number of aryl methyl sites for hydroxylation is 2. The third-order valence-electron chi connectivity index (χ3n) is 6.30. The number of carbonyl (C=O) groups is 1. The van der Waals surface area contributed by atoms with Gasteiger partial charge in [-0.05, 0) is 50.3 Å². The summed E-state index contributed by atoms with van der Waals surface area (Å²) >= 11 is 0. The average molecular weight is 439 g/mol. The highest BCUT2D eigenvalue weighted by molar-refractivity contribution is 7.91. The first kappa shape index (κ1) is 20.2. The molecule has 3 aromatic rings. The molecule has 1 aliphatic heterocycles. The lowest BCUT2D eigenvalue weighted by atomic mass is 10.1. The van der Waals surface area contributed by atoms with E-state index in [0.29, 0.717) is 34.6 Å². The summed E-state index contributed by atoms with van der Waals surface area (Å²) in [5, 5.41) is 8.44. The summed E-state index contributed by atoms with van der Waals surface area (Å²) < 4.78 is 25.9. The monoisotopic (exact) mass is 438 g/mol. The van der Waals surface area contributed by atoms with Crippen LogP contribution in [0, 0.1) is 6.92 Å². The maximum Gasteiger partial charge on any atom is 0.256 e. The molecule has 0 unspecified atom stereocenters.